The van der Waals surface area contributed by atoms with Crippen LogP contribution in [-0.4, -0.2) is 5.54 Å². The van der Waals surface area contributed by atoms with E-state index in [0.717, 1.165) is 12.2 Å². The van der Waals surface area contributed by atoms with E-state index in [2.05, 4.69) is 69.4 Å². The quantitative estimate of drug-likeness (QED) is 0.653. The molecule has 0 amide bonds. The van der Waals surface area contributed by atoms with E-state index < -0.39 is 0 Å². The fraction of sp³-hybridized carbons (Fsp3) is 0.391. The van der Waals surface area contributed by atoms with E-state index >= 15 is 0 Å². The Kier molecular flexibility index (Phi) is 3.87. The molecule has 0 aliphatic carbocycles. The highest BCUT2D eigenvalue weighted by molar-refractivity contribution is 5.81. The Hall–Kier alpha value is -2.22. The predicted octanol–water partition coefficient (Wildman–Crippen LogP) is 6.28. The van der Waals surface area contributed by atoms with Gasteiger partial charge in [-0.25, -0.2) is 0 Å². The molecule has 0 saturated heterocycles. The lowest BCUT2D eigenvalue weighted by atomic mass is 9.73. The average Bonchev–Trinajstić information content (AvgIpc) is 2.60. The van der Waals surface area contributed by atoms with Gasteiger partial charge in [0.15, 0.2) is 0 Å². The number of unbranched alkanes of at least 4 members (excludes halogenated alkanes) is 1. The molecule has 2 nitrogen and oxygen atoms in total. The van der Waals surface area contributed by atoms with Crippen LogP contribution in [0.5, 0.6) is 5.75 Å². The van der Waals surface area contributed by atoms with Gasteiger partial charge < -0.3 is 10.1 Å². The van der Waals surface area contributed by atoms with Gasteiger partial charge in [-0.1, -0.05) is 50.6 Å². The van der Waals surface area contributed by atoms with Crippen molar-refractivity contribution in [2.24, 2.45) is 0 Å². The van der Waals surface area contributed by atoms with Gasteiger partial charge in [0.05, 0.1) is 5.54 Å². The van der Waals surface area contributed by atoms with Crippen LogP contribution in [-0.2, 0) is 6.61 Å². The van der Waals surface area contributed by atoms with Crippen molar-refractivity contribution in [2.75, 3.05) is 5.32 Å². The molecule has 25 heavy (non-hydrogen) atoms. The van der Waals surface area contributed by atoms with Crippen LogP contribution in [0, 0.1) is 0 Å². The summed E-state index contributed by atoms with van der Waals surface area (Å²) in [6.07, 6.45) is 4.76. The van der Waals surface area contributed by atoms with E-state index in [1.54, 1.807) is 0 Å². The Morgan fingerprint density at radius 2 is 1.96 bits per heavy atom. The van der Waals surface area contributed by atoms with Crippen LogP contribution in [0.3, 0.4) is 0 Å². The maximum Gasteiger partial charge on any atom is 0.127 e. The minimum Gasteiger partial charge on any atom is -0.488 e. The lowest BCUT2D eigenvalue weighted by Gasteiger charge is -2.42. The zero-order valence-electron chi connectivity index (χ0n) is 15.6. The number of hydrogen-bond acceptors (Lipinski definition) is 2. The Morgan fingerprint density at radius 3 is 2.76 bits per heavy atom. The van der Waals surface area contributed by atoms with Gasteiger partial charge in [-0.2, -0.15) is 0 Å². The molecule has 0 saturated carbocycles. The molecule has 2 aliphatic rings. The van der Waals surface area contributed by atoms with Crippen LogP contribution in [0.1, 0.15) is 57.6 Å². The summed E-state index contributed by atoms with van der Waals surface area (Å²) in [5.74, 6) is 1.40. The Labute approximate surface area is 150 Å². The summed E-state index contributed by atoms with van der Waals surface area (Å²) in [5.41, 5.74) is 8.03. The van der Waals surface area contributed by atoms with Crippen LogP contribution in [0.25, 0.3) is 11.1 Å². The topological polar surface area (TPSA) is 21.3 Å². The van der Waals surface area contributed by atoms with E-state index in [-0.39, 0.29) is 5.54 Å². The first-order valence-electron chi connectivity index (χ1n) is 9.39. The zero-order chi connectivity index (χ0) is 17.6. The van der Waals surface area contributed by atoms with E-state index in [9.17, 15) is 0 Å². The molecule has 2 heterocycles. The summed E-state index contributed by atoms with van der Waals surface area (Å²) >= 11 is 0. The number of benzene rings is 2. The molecule has 1 unspecified atom stereocenters. The fourth-order valence-electron chi connectivity index (χ4n) is 4.48. The van der Waals surface area contributed by atoms with Crippen LogP contribution in [0.2, 0.25) is 0 Å². The summed E-state index contributed by atoms with van der Waals surface area (Å²) in [4.78, 5) is 0. The summed E-state index contributed by atoms with van der Waals surface area (Å²) < 4.78 is 6.09. The third-order valence-electron chi connectivity index (χ3n) is 5.63. The summed E-state index contributed by atoms with van der Waals surface area (Å²) in [6, 6.07) is 12.9. The average molecular weight is 333 g/mol. The maximum absolute atomic E-state index is 6.09. The number of fused-ring (bicyclic) bond motifs is 5. The monoisotopic (exact) mass is 333 g/mol. The third kappa shape index (κ3) is 2.55. The van der Waals surface area contributed by atoms with Gasteiger partial charge in [0.1, 0.15) is 12.4 Å². The molecule has 130 valence electrons. The predicted molar refractivity (Wildman–Crippen MR) is 105 cm³/mol. The number of anilines is 1. The Bertz CT molecular complexity index is 847. The molecule has 2 aliphatic heterocycles. The van der Waals surface area contributed by atoms with E-state index in [1.165, 1.54) is 39.9 Å². The molecule has 0 spiro atoms. The molecular formula is C23H27NO. The minimum absolute atomic E-state index is 0.0107. The van der Waals surface area contributed by atoms with E-state index in [1.807, 2.05) is 6.07 Å². The van der Waals surface area contributed by atoms with Crippen molar-refractivity contribution in [1.29, 1.82) is 0 Å². The molecule has 4 rings (SSSR count). The van der Waals surface area contributed by atoms with Crippen molar-refractivity contribution >= 4 is 5.69 Å². The number of nitrogens with one attached hydrogen (secondary N) is 1. The molecule has 0 aromatic heterocycles. The van der Waals surface area contributed by atoms with Crippen LogP contribution < -0.4 is 10.1 Å². The Balaban J connectivity index is 1.89. The first-order chi connectivity index (χ1) is 12.0. The van der Waals surface area contributed by atoms with Gasteiger partial charge >= 0.3 is 0 Å². The number of ether oxygens (including phenoxy) is 1. The largest absolute Gasteiger partial charge is 0.488 e. The second-order valence-electron chi connectivity index (χ2n) is 7.76. The lowest BCUT2D eigenvalue weighted by Crippen LogP contribution is -2.40. The minimum atomic E-state index is -0.0107. The first kappa shape index (κ1) is 16.3. The number of hydrogen-bond donors (Lipinski definition) is 1. The highest BCUT2D eigenvalue weighted by atomic mass is 16.5. The molecule has 1 N–H and O–H groups in total. The zero-order valence-corrected chi connectivity index (χ0v) is 15.6. The van der Waals surface area contributed by atoms with Crippen LogP contribution in [0.15, 0.2) is 48.0 Å². The highest BCUT2D eigenvalue weighted by Gasteiger charge is 2.37. The Morgan fingerprint density at radius 1 is 1.16 bits per heavy atom. The third-order valence-corrected chi connectivity index (χ3v) is 5.63. The molecule has 0 radical (unpaired) electrons. The van der Waals surface area contributed by atoms with Crippen molar-refractivity contribution in [3.8, 4) is 16.9 Å². The molecule has 2 heteroatoms. The fourth-order valence-corrected chi connectivity index (χ4v) is 4.48. The van der Waals surface area contributed by atoms with Gasteiger partial charge in [0, 0.05) is 22.7 Å². The van der Waals surface area contributed by atoms with Crippen molar-refractivity contribution < 1.29 is 4.74 Å². The second kappa shape index (κ2) is 5.94. The van der Waals surface area contributed by atoms with Crippen molar-refractivity contribution in [3.63, 3.8) is 0 Å². The molecule has 1 atom stereocenters. The molecular weight excluding hydrogens is 306 g/mol. The number of rotatable bonds is 2. The van der Waals surface area contributed by atoms with Crippen LogP contribution in [0.4, 0.5) is 5.69 Å². The SMILES string of the molecule is CCCC=C1C(C)c2c(ccc3c2COc2ccccc2-3)NC1(C)C. The molecule has 0 bridgehead atoms. The van der Waals surface area contributed by atoms with E-state index in [4.69, 9.17) is 4.74 Å². The number of para-hydroxylation sites is 1. The van der Waals surface area contributed by atoms with Gasteiger partial charge in [-0.15, -0.1) is 0 Å². The van der Waals surface area contributed by atoms with E-state index in [0.29, 0.717) is 12.5 Å². The maximum atomic E-state index is 6.09. The van der Waals surface area contributed by atoms with Crippen molar-refractivity contribution in [1.82, 2.24) is 0 Å². The summed E-state index contributed by atoms with van der Waals surface area (Å²) in [7, 11) is 0. The number of allylic oxidation sites excluding steroid dienone is 1. The highest BCUT2D eigenvalue weighted by Crippen LogP contribution is 2.49. The van der Waals surface area contributed by atoms with Gasteiger partial charge in [-0.05, 0) is 49.1 Å². The smallest absolute Gasteiger partial charge is 0.127 e. The van der Waals surface area contributed by atoms with Gasteiger partial charge in [0.2, 0.25) is 0 Å². The molecule has 2 aromatic rings. The van der Waals surface area contributed by atoms with Gasteiger partial charge in [-0.3, -0.25) is 0 Å². The first-order valence-corrected chi connectivity index (χ1v) is 9.39. The van der Waals surface area contributed by atoms with Gasteiger partial charge in [0.25, 0.3) is 0 Å². The second-order valence-corrected chi connectivity index (χ2v) is 7.76. The summed E-state index contributed by atoms with van der Waals surface area (Å²) in [5, 5.41) is 3.78. The van der Waals surface area contributed by atoms with Crippen molar-refractivity contribution in [2.45, 2.75) is 58.6 Å². The normalized spacial score (nSPS) is 21.6. The lowest BCUT2D eigenvalue weighted by molar-refractivity contribution is 0.300. The molecule has 2 aromatic carbocycles. The standard InChI is InChI=1S/C23H27NO/c1-5-6-10-19-15(2)22-18-14-25-21-11-8-7-9-17(21)16(18)12-13-20(22)24-23(19,3)4/h7-13,15,24H,5-6,14H2,1-4H3. The molecule has 0 fully saturated rings. The van der Waals surface area contributed by atoms with Crippen LogP contribution >= 0.6 is 0 Å². The van der Waals surface area contributed by atoms with Crippen molar-refractivity contribution in [3.05, 3.63) is 59.2 Å². The summed E-state index contributed by atoms with van der Waals surface area (Å²) in [6.45, 7) is 9.83.